The van der Waals surface area contributed by atoms with Crippen LogP contribution in [0.5, 0.6) is 5.75 Å². The third-order valence-corrected chi connectivity index (χ3v) is 4.97. The molecular formula is C20H24FN3O3. The Morgan fingerprint density at radius 1 is 1.07 bits per heavy atom. The zero-order valence-corrected chi connectivity index (χ0v) is 15.4. The van der Waals surface area contributed by atoms with E-state index in [-0.39, 0.29) is 16.4 Å². The maximum atomic E-state index is 13.5. The summed E-state index contributed by atoms with van der Waals surface area (Å²) in [4.78, 5) is 15.0. The minimum absolute atomic E-state index is 0.125. The van der Waals surface area contributed by atoms with Crippen molar-refractivity contribution in [3.63, 3.8) is 0 Å². The van der Waals surface area contributed by atoms with Gasteiger partial charge in [0.25, 0.3) is 5.69 Å². The number of hydrogen-bond donors (Lipinski definition) is 0. The number of nitro groups is 1. The first-order valence-corrected chi connectivity index (χ1v) is 9.05. The van der Waals surface area contributed by atoms with Crippen LogP contribution in [0.25, 0.3) is 0 Å². The van der Waals surface area contributed by atoms with E-state index >= 15 is 0 Å². The van der Waals surface area contributed by atoms with Crippen molar-refractivity contribution in [2.45, 2.75) is 13.0 Å². The van der Waals surface area contributed by atoms with Crippen LogP contribution in [0.3, 0.4) is 0 Å². The Bertz CT molecular complexity index is 775. The summed E-state index contributed by atoms with van der Waals surface area (Å²) >= 11 is 0. The number of halogens is 1. The third-order valence-electron chi connectivity index (χ3n) is 4.97. The molecule has 1 aliphatic rings. The molecule has 0 aromatic heterocycles. The van der Waals surface area contributed by atoms with Gasteiger partial charge in [-0.2, -0.15) is 0 Å². The van der Waals surface area contributed by atoms with Crippen molar-refractivity contribution < 1.29 is 14.1 Å². The predicted octanol–water partition coefficient (Wildman–Crippen LogP) is 3.10. The largest absolute Gasteiger partial charge is 0.496 e. The molecule has 144 valence electrons. The first kappa shape index (κ1) is 19.3. The molecular weight excluding hydrogens is 349 g/mol. The Morgan fingerprint density at radius 3 is 2.37 bits per heavy atom. The number of piperazine rings is 1. The quantitative estimate of drug-likeness (QED) is 0.551. The van der Waals surface area contributed by atoms with Crippen LogP contribution < -0.4 is 4.74 Å². The number of nitro benzene ring substituents is 1. The Kier molecular flexibility index (Phi) is 6.36. The van der Waals surface area contributed by atoms with Crippen LogP contribution in [0.4, 0.5) is 10.1 Å². The van der Waals surface area contributed by atoms with Crippen molar-refractivity contribution >= 4 is 5.69 Å². The molecule has 7 heteroatoms. The summed E-state index contributed by atoms with van der Waals surface area (Å²) in [5.74, 6) is 0.476. The summed E-state index contributed by atoms with van der Waals surface area (Å²) in [6, 6.07) is 11.4. The van der Waals surface area contributed by atoms with E-state index in [9.17, 15) is 14.5 Å². The van der Waals surface area contributed by atoms with Gasteiger partial charge >= 0.3 is 0 Å². The van der Waals surface area contributed by atoms with E-state index in [1.807, 2.05) is 12.1 Å². The van der Waals surface area contributed by atoms with Crippen LogP contribution in [-0.2, 0) is 13.0 Å². The molecule has 27 heavy (non-hydrogen) atoms. The zero-order valence-electron chi connectivity index (χ0n) is 15.4. The number of methoxy groups -OCH3 is 1. The minimum atomic E-state index is -0.378. The molecule has 1 heterocycles. The topological polar surface area (TPSA) is 58.8 Å². The van der Waals surface area contributed by atoms with Crippen molar-refractivity contribution in [1.82, 2.24) is 9.80 Å². The molecule has 3 rings (SSSR count). The van der Waals surface area contributed by atoms with E-state index in [1.165, 1.54) is 6.07 Å². The Labute approximate surface area is 158 Å². The van der Waals surface area contributed by atoms with E-state index in [2.05, 4.69) is 9.80 Å². The second-order valence-electron chi connectivity index (χ2n) is 6.75. The highest BCUT2D eigenvalue weighted by Gasteiger charge is 2.18. The molecule has 6 nitrogen and oxygen atoms in total. The maximum Gasteiger partial charge on any atom is 0.269 e. The standard InChI is InChI=1S/C20H24FN3O3/c1-27-20-7-4-18(21)14-17(20)15-23-12-10-22(11-13-23)9-8-16-2-5-19(6-3-16)24(25)26/h2-7,14H,8-13,15H2,1H3. The molecule has 0 amide bonds. The van der Waals surface area contributed by atoms with Crippen LogP contribution in [-0.4, -0.2) is 54.6 Å². The molecule has 2 aromatic rings. The Morgan fingerprint density at radius 2 is 1.74 bits per heavy atom. The van der Waals surface area contributed by atoms with Gasteiger partial charge in [0.2, 0.25) is 0 Å². The van der Waals surface area contributed by atoms with Crippen LogP contribution in [0.15, 0.2) is 42.5 Å². The summed E-state index contributed by atoms with van der Waals surface area (Å²) in [5, 5.41) is 10.7. The fraction of sp³-hybridized carbons (Fsp3) is 0.400. The van der Waals surface area contributed by atoms with Gasteiger partial charge in [0.1, 0.15) is 11.6 Å². The van der Waals surface area contributed by atoms with Crippen LogP contribution >= 0.6 is 0 Å². The first-order valence-electron chi connectivity index (χ1n) is 9.05. The smallest absolute Gasteiger partial charge is 0.269 e. The number of nitrogens with zero attached hydrogens (tertiary/aromatic N) is 3. The van der Waals surface area contributed by atoms with Gasteiger partial charge < -0.3 is 9.64 Å². The Hall–Kier alpha value is -2.51. The number of benzene rings is 2. The van der Waals surface area contributed by atoms with E-state index < -0.39 is 0 Å². The molecule has 2 aromatic carbocycles. The minimum Gasteiger partial charge on any atom is -0.496 e. The second kappa shape index (κ2) is 8.92. The molecule has 0 atom stereocenters. The lowest BCUT2D eigenvalue weighted by Crippen LogP contribution is -2.46. The van der Waals surface area contributed by atoms with Gasteiger partial charge in [-0.25, -0.2) is 4.39 Å². The average molecular weight is 373 g/mol. The van der Waals surface area contributed by atoms with Gasteiger partial charge in [-0.05, 0) is 30.2 Å². The second-order valence-corrected chi connectivity index (χ2v) is 6.75. The van der Waals surface area contributed by atoms with Crippen molar-refractivity contribution in [2.75, 3.05) is 39.8 Å². The fourth-order valence-electron chi connectivity index (χ4n) is 3.35. The predicted molar refractivity (Wildman–Crippen MR) is 101 cm³/mol. The summed E-state index contributed by atoms with van der Waals surface area (Å²) < 4.78 is 18.8. The van der Waals surface area contributed by atoms with Gasteiger partial charge in [0.15, 0.2) is 0 Å². The molecule has 0 aliphatic carbocycles. The lowest BCUT2D eigenvalue weighted by Gasteiger charge is -2.35. The molecule has 0 unspecified atom stereocenters. The summed E-state index contributed by atoms with van der Waals surface area (Å²) in [5.41, 5.74) is 2.10. The molecule has 0 saturated carbocycles. The number of ether oxygens (including phenoxy) is 1. The van der Waals surface area contributed by atoms with E-state index in [0.29, 0.717) is 6.54 Å². The highest BCUT2D eigenvalue weighted by molar-refractivity contribution is 5.34. The van der Waals surface area contributed by atoms with E-state index in [4.69, 9.17) is 4.74 Å². The normalized spacial score (nSPS) is 15.6. The maximum absolute atomic E-state index is 13.5. The average Bonchev–Trinajstić information content (AvgIpc) is 2.68. The van der Waals surface area contributed by atoms with Gasteiger partial charge in [0, 0.05) is 57.0 Å². The molecule has 0 bridgehead atoms. The molecule has 0 spiro atoms. The van der Waals surface area contributed by atoms with E-state index in [1.54, 1.807) is 31.4 Å². The van der Waals surface area contributed by atoms with Crippen LogP contribution in [0.2, 0.25) is 0 Å². The summed E-state index contributed by atoms with van der Waals surface area (Å²) in [7, 11) is 1.60. The summed E-state index contributed by atoms with van der Waals surface area (Å²) in [6.45, 7) is 5.33. The zero-order chi connectivity index (χ0) is 19.2. The van der Waals surface area contributed by atoms with Gasteiger partial charge in [-0.1, -0.05) is 12.1 Å². The number of rotatable bonds is 7. The van der Waals surface area contributed by atoms with Crippen molar-refractivity contribution in [2.24, 2.45) is 0 Å². The van der Waals surface area contributed by atoms with Gasteiger partial charge in [-0.15, -0.1) is 0 Å². The summed E-state index contributed by atoms with van der Waals surface area (Å²) in [6.07, 6.45) is 0.871. The lowest BCUT2D eigenvalue weighted by atomic mass is 10.1. The highest BCUT2D eigenvalue weighted by Crippen LogP contribution is 2.22. The number of non-ortho nitro benzene ring substituents is 1. The molecule has 0 radical (unpaired) electrons. The van der Waals surface area contributed by atoms with Crippen LogP contribution in [0, 0.1) is 15.9 Å². The molecule has 1 fully saturated rings. The van der Waals surface area contributed by atoms with Gasteiger partial charge in [-0.3, -0.25) is 15.0 Å². The molecule has 1 saturated heterocycles. The van der Waals surface area contributed by atoms with E-state index in [0.717, 1.165) is 56.0 Å². The van der Waals surface area contributed by atoms with Crippen LogP contribution in [0.1, 0.15) is 11.1 Å². The van der Waals surface area contributed by atoms with Crippen molar-refractivity contribution in [3.05, 3.63) is 69.5 Å². The molecule has 1 aliphatic heterocycles. The fourth-order valence-corrected chi connectivity index (χ4v) is 3.35. The number of hydrogen-bond acceptors (Lipinski definition) is 5. The molecule has 0 N–H and O–H groups in total. The highest BCUT2D eigenvalue weighted by atomic mass is 19.1. The monoisotopic (exact) mass is 373 g/mol. The Balaban J connectivity index is 1.46. The lowest BCUT2D eigenvalue weighted by molar-refractivity contribution is -0.384. The van der Waals surface area contributed by atoms with Crippen molar-refractivity contribution in [1.29, 1.82) is 0 Å². The SMILES string of the molecule is COc1ccc(F)cc1CN1CCN(CCc2ccc([N+](=O)[O-])cc2)CC1. The third kappa shape index (κ3) is 5.24. The van der Waals surface area contributed by atoms with Crippen molar-refractivity contribution in [3.8, 4) is 5.75 Å². The first-order chi connectivity index (χ1) is 13.0. The van der Waals surface area contributed by atoms with Gasteiger partial charge in [0.05, 0.1) is 12.0 Å².